The van der Waals surface area contributed by atoms with Gasteiger partial charge in [0.1, 0.15) is 0 Å². The molecule has 0 unspecified atom stereocenters. The fourth-order valence-corrected chi connectivity index (χ4v) is 2.21. The van der Waals surface area contributed by atoms with Gasteiger partial charge >= 0.3 is 10.1 Å². The van der Waals surface area contributed by atoms with Crippen LogP contribution >= 0.6 is 0 Å². The number of carbonyl (C=O) groups is 1. The van der Waals surface area contributed by atoms with Crippen molar-refractivity contribution in [3.05, 3.63) is 17.9 Å². The second-order valence-electron chi connectivity index (χ2n) is 4.62. The first-order chi connectivity index (χ1) is 9.45. The van der Waals surface area contributed by atoms with Crippen LogP contribution in [0.3, 0.4) is 0 Å². The van der Waals surface area contributed by atoms with Crippen LogP contribution in [0.2, 0.25) is 0 Å². The molecule has 0 aliphatic rings. The minimum atomic E-state index is -4.40. The smallest absolute Gasteiger partial charge is 0.328 e. The number of rotatable bonds is 9. The molecule has 7 heteroatoms. The summed E-state index contributed by atoms with van der Waals surface area (Å²) in [6, 6.07) is 2.27. The van der Waals surface area contributed by atoms with Gasteiger partial charge in [-0.15, -0.1) is 0 Å². The highest BCUT2D eigenvalue weighted by atomic mass is 32.2. The van der Waals surface area contributed by atoms with Crippen LogP contribution in [-0.2, 0) is 10.1 Å². The molecule has 114 valence electrons. The van der Waals surface area contributed by atoms with Gasteiger partial charge in [-0.3, -0.25) is 9.35 Å². The van der Waals surface area contributed by atoms with Crippen LogP contribution in [0.1, 0.15) is 56.0 Å². The Hall–Kier alpha value is -1.34. The lowest BCUT2D eigenvalue weighted by Crippen LogP contribution is -2.23. The van der Waals surface area contributed by atoms with E-state index in [1.807, 2.05) is 0 Å². The van der Waals surface area contributed by atoms with Crippen LogP contribution < -0.4 is 5.32 Å². The van der Waals surface area contributed by atoms with Gasteiger partial charge in [0, 0.05) is 6.54 Å². The standard InChI is InChI=1S/C13H21NO5S/c1-2-3-4-5-6-7-10-14-13(15)11-8-9-12(19-11)20(16,17)18/h8-9H,2-7,10H2,1H3,(H,14,15)(H,16,17,18). The van der Waals surface area contributed by atoms with E-state index in [0.717, 1.165) is 25.3 Å². The SMILES string of the molecule is CCCCCCCCNC(=O)c1ccc(S(=O)(=O)O)o1. The van der Waals surface area contributed by atoms with Gasteiger partial charge in [0.15, 0.2) is 5.76 Å². The molecule has 1 amide bonds. The molecule has 0 bridgehead atoms. The maximum absolute atomic E-state index is 11.6. The van der Waals surface area contributed by atoms with Crippen molar-refractivity contribution in [3.63, 3.8) is 0 Å². The molecule has 20 heavy (non-hydrogen) atoms. The fraction of sp³-hybridized carbons (Fsp3) is 0.615. The van der Waals surface area contributed by atoms with E-state index in [0.29, 0.717) is 6.54 Å². The Morgan fingerprint density at radius 3 is 2.45 bits per heavy atom. The van der Waals surface area contributed by atoms with Gasteiger partial charge < -0.3 is 9.73 Å². The number of hydrogen-bond donors (Lipinski definition) is 2. The quantitative estimate of drug-likeness (QED) is 0.540. The molecule has 0 saturated heterocycles. The van der Waals surface area contributed by atoms with Crippen molar-refractivity contribution < 1.29 is 22.2 Å². The molecule has 2 N–H and O–H groups in total. The largest absolute Gasteiger partial charge is 0.437 e. The molecule has 0 aliphatic carbocycles. The zero-order valence-corrected chi connectivity index (χ0v) is 12.4. The topological polar surface area (TPSA) is 96.6 Å². The Labute approximate surface area is 119 Å². The maximum atomic E-state index is 11.6. The second-order valence-corrected chi connectivity index (χ2v) is 5.97. The number of amides is 1. The summed E-state index contributed by atoms with van der Waals surface area (Å²) in [5, 5.41) is 2.02. The van der Waals surface area contributed by atoms with Crippen LogP contribution in [0.5, 0.6) is 0 Å². The molecule has 1 rings (SSSR count). The van der Waals surface area contributed by atoms with Crippen molar-refractivity contribution in [1.82, 2.24) is 5.32 Å². The predicted octanol–water partition coefficient (Wildman–Crippen LogP) is 2.62. The van der Waals surface area contributed by atoms with Gasteiger partial charge in [0.2, 0.25) is 5.09 Å². The van der Waals surface area contributed by atoms with Gasteiger partial charge in [-0.05, 0) is 18.6 Å². The van der Waals surface area contributed by atoms with Crippen molar-refractivity contribution in [1.29, 1.82) is 0 Å². The molecular formula is C13H21NO5S. The Bertz CT molecular complexity index is 521. The summed E-state index contributed by atoms with van der Waals surface area (Å²) in [5.41, 5.74) is 0. The third-order valence-corrected chi connectivity index (χ3v) is 3.60. The lowest BCUT2D eigenvalue weighted by Gasteiger charge is -2.03. The van der Waals surface area contributed by atoms with Gasteiger partial charge in [0.25, 0.3) is 5.91 Å². The van der Waals surface area contributed by atoms with Crippen molar-refractivity contribution in [2.45, 2.75) is 50.5 Å². The normalized spacial score (nSPS) is 11.5. The molecule has 6 nitrogen and oxygen atoms in total. The molecule has 1 heterocycles. The zero-order valence-electron chi connectivity index (χ0n) is 11.6. The minimum Gasteiger partial charge on any atom is -0.437 e. The van der Waals surface area contributed by atoms with E-state index in [1.54, 1.807) is 0 Å². The van der Waals surface area contributed by atoms with Crippen LogP contribution in [0.25, 0.3) is 0 Å². The molecule has 0 spiro atoms. The van der Waals surface area contributed by atoms with Gasteiger partial charge in [-0.1, -0.05) is 39.0 Å². The first-order valence-electron chi connectivity index (χ1n) is 6.80. The van der Waals surface area contributed by atoms with Gasteiger partial charge in [-0.25, -0.2) is 0 Å². The molecule has 0 saturated carbocycles. The Kier molecular flexibility index (Phi) is 6.74. The van der Waals surface area contributed by atoms with E-state index in [1.165, 1.54) is 25.3 Å². The van der Waals surface area contributed by atoms with E-state index >= 15 is 0 Å². The average molecular weight is 303 g/mol. The van der Waals surface area contributed by atoms with Crippen LogP contribution in [0.15, 0.2) is 21.6 Å². The summed E-state index contributed by atoms with van der Waals surface area (Å²) < 4.78 is 35.1. The number of furan rings is 1. The molecule has 0 aromatic carbocycles. The van der Waals surface area contributed by atoms with E-state index in [-0.39, 0.29) is 5.76 Å². The van der Waals surface area contributed by atoms with Gasteiger partial charge in [0.05, 0.1) is 0 Å². The van der Waals surface area contributed by atoms with E-state index in [4.69, 9.17) is 8.97 Å². The monoisotopic (exact) mass is 303 g/mol. The Morgan fingerprint density at radius 1 is 1.20 bits per heavy atom. The molecular weight excluding hydrogens is 282 g/mol. The third kappa shape index (κ3) is 5.75. The molecule has 1 aromatic heterocycles. The summed E-state index contributed by atoms with van der Waals surface area (Å²) in [6.45, 7) is 2.68. The second kappa shape index (κ2) is 8.06. The molecule has 0 fully saturated rings. The first-order valence-corrected chi connectivity index (χ1v) is 8.24. The van der Waals surface area contributed by atoms with Crippen LogP contribution in [0.4, 0.5) is 0 Å². The maximum Gasteiger partial charge on any atom is 0.328 e. The van der Waals surface area contributed by atoms with E-state index in [2.05, 4.69) is 12.2 Å². The van der Waals surface area contributed by atoms with Crippen molar-refractivity contribution in [2.75, 3.05) is 6.54 Å². The highest BCUT2D eigenvalue weighted by molar-refractivity contribution is 7.85. The van der Waals surface area contributed by atoms with Crippen molar-refractivity contribution in [3.8, 4) is 0 Å². The number of unbranched alkanes of at least 4 members (excludes halogenated alkanes) is 5. The predicted molar refractivity (Wildman–Crippen MR) is 74.2 cm³/mol. The average Bonchev–Trinajstić information content (AvgIpc) is 2.87. The lowest BCUT2D eigenvalue weighted by atomic mass is 10.1. The number of hydrogen-bond acceptors (Lipinski definition) is 4. The van der Waals surface area contributed by atoms with Crippen molar-refractivity contribution >= 4 is 16.0 Å². The summed E-state index contributed by atoms with van der Waals surface area (Å²) in [5.74, 6) is -0.600. The molecule has 0 radical (unpaired) electrons. The van der Waals surface area contributed by atoms with Crippen molar-refractivity contribution in [2.24, 2.45) is 0 Å². The Morgan fingerprint density at radius 2 is 1.85 bits per heavy atom. The van der Waals surface area contributed by atoms with E-state index in [9.17, 15) is 13.2 Å². The summed E-state index contributed by atoms with van der Waals surface area (Å²) in [6.07, 6.45) is 6.72. The van der Waals surface area contributed by atoms with Crippen LogP contribution in [-0.4, -0.2) is 25.4 Å². The molecule has 0 atom stereocenters. The third-order valence-electron chi connectivity index (χ3n) is 2.88. The van der Waals surface area contributed by atoms with Crippen LogP contribution in [0, 0.1) is 0 Å². The summed E-state index contributed by atoms with van der Waals surface area (Å²) >= 11 is 0. The van der Waals surface area contributed by atoms with Gasteiger partial charge in [-0.2, -0.15) is 8.42 Å². The number of nitrogens with one attached hydrogen (secondary N) is 1. The van der Waals surface area contributed by atoms with E-state index < -0.39 is 21.1 Å². The minimum absolute atomic E-state index is 0.122. The highest BCUT2D eigenvalue weighted by Gasteiger charge is 2.18. The molecule has 0 aliphatic heterocycles. The number of carbonyl (C=O) groups excluding carboxylic acids is 1. The summed E-state index contributed by atoms with van der Waals surface area (Å²) in [4.78, 5) is 11.6. The first kappa shape index (κ1) is 16.7. The lowest BCUT2D eigenvalue weighted by molar-refractivity contribution is 0.0919. The highest BCUT2D eigenvalue weighted by Crippen LogP contribution is 2.13. The zero-order chi connectivity index (χ0) is 15.0. The molecule has 1 aromatic rings. The Balaban J connectivity index is 2.28. The fourth-order valence-electron chi connectivity index (χ4n) is 1.78. The summed E-state index contributed by atoms with van der Waals surface area (Å²) in [7, 11) is -4.40.